The zero-order chi connectivity index (χ0) is 20.8. The maximum atomic E-state index is 6.21. The summed E-state index contributed by atoms with van der Waals surface area (Å²) in [6.45, 7) is 0. The topological polar surface area (TPSA) is 29.8 Å². The lowest BCUT2D eigenvalue weighted by Crippen LogP contribution is -1.90. The zero-order valence-corrected chi connectivity index (χ0v) is 17.0. The maximum absolute atomic E-state index is 6.21. The van der Waals surface area contributed by atoms with E-state index in [0.29, 0.717) is 11.5 Å². The molecule has 0 amide bonds. The highest BCUT2D eigenvalue weighted by Crippen LogP contribution is 2.31. The first-order valence-electron chi connectivity index (χ1n) is 9.76. The van der Waals surface area contributed by atoms with Crippen molar-refractivity contribution >= 4 is 12.2 Å². The third kappa shape index (κ3) is 4.41. The Kier molecular flexibility index (Phi) is 5.90. The third-order valence-electron chi connectivity index (χ3n) is 4.83. The van der Waals surface area contributed by atoms with Crippen LogP contribution in [0.5, 0.6) is 11.5 Å². The van der Waals surface area contributed by atoms with Crippen LogP contribution < -0.4 is 9.47 Å². The molecule has 4 rings (SSSR count). The van der Waals surface area contributed by atoms with Crippen molar-refractivity contribution in [2.45, 2.75) is 0 Å². The molecule has 148 valence electrons. The molecule has 0 saturated heterocycles. The number of methoxy groups -OCH3 is 2. The van der Waals surface area contributed by atoms with Crippen LogP contribution in [0.4, 0.5) is 0 Å². The molecule has 1 aromatic heterocycles. The fourth-order valence-electron chi connectivity index (χ4n) is 3.28. The lowest BCUT2D eigenvalue weighted by atomic mass is 10.0. The summed E-state index contributed by atoms with van der Waals surface area (Å²) < 4.78 is 16.9. The monoisotopic (exact) mass is 395 g/mol. The first-order valence-corrected chi connectivity index (χ1v) is 9.76. The van der Waals surface area contributed by atoms with E-state index in [4.69, 9.17) is 13.9 Å². The zero-order valence-electron chi connectivity index (χ0n) is 17.0. The number of benzene rings is 3. The molecule has 0 unspecified atom stereocenters. The Morgan fingerprint density at radius 3 is 1.93 bits per heavy atom. The minimum absolute atomic E-state index is 0.694. The van der Waals surface area contributed by atoms with E-state index in [1.807, 2.05) is 66.7 Å². The van der Waals surface area contributed by atoms with Crippen LogP contribution in [-0.2, 0) is 0 Å². The molecule has 0 aliphatic rings. The second-order valence-corrected chi connectivity index (χ2v) is 6.79. The van der Waals surface area contributed by atoms with Crippen molar-refractivity contribution in [2.24, 2.45) is 0 Å². The Labute approximate surface area is 176 Å². The summed E-state index contributed by atoms with van der Waals surface area (Å²) in [4.78, 5) is 0. The number of ether oxygens (including phenoxy) is 2. The van der Waals surface area contributed by atoms with Crippen molar-refractivity contribution < 1.29 is 13.9 Å². The fourth-order valence-corrected chi connectivity index (χ4v) is 3.28. The molecule has 0 saturated carbocycles. The van der Waals surface area contributed by atoms with Gasteiger partial charge in [-0.25, -0.2) is 4.42 Å². The van der Waals surface area contributed by atoms with E-state index in [1.54, 1.807) is 14.2 Å². The molecule has 3 aromatic carbocycles. The highest BCUT2D eigenvalue weighted by Gasteiger charge is 2.17. The van der Waals surface area contributed by atoms with E-state index >= 15 is 0 Å². The molecular weight excluding hydrogens is 372 g/mol. The first kappa shape index (κ1) is 19.5. The standard InChI is InChI=1S/C27H23O3/c1-28-25-16-14-20(17-27(25)29-2)13-15-24-18-23(21-9-5-3-6-10-21)19-26(30-24)22-11-7-4-8-12-22/h3-19H,1-2H3/q+1/b15-13+. The van der Waals surface area contributed by atoms with Crippen LogP contribution >= 0.6 is 0 Å². The van der Waals surface area contributed by atoms with Crippen LogP contribution in [0.2, 0.25) is 0 Å². The lowest BCUT2D eigenvalue weighted by Gasteiger charge is -2.07. The Balaban J connectivity index is 1.74. The van der Waals surface area contributed by atoms with Crippen LogP contribution in [-0.4, -0.2) is 14.2 Å². The third-order valence-corrected chi connectivity index (χ3v) is 4.83. The van der Waals surface area contributed by atoms with E-state index < -0.39 is 0 Å². The van der Waals surface area contributed by atoms with Crippen molar-refractivity contribution in [1.82, 2.24) is 0 Å². The van der Waals surface area contributed by atoms with Gasteiger partial charge >= 0.3 is 11.5 Å². The van der Waals surface area contributed by atoms with Gasteiger partial charge in [0.1, 0.15) is 0 Å². The second-order valence-electron chi connectivity index (χ2n) is 6.79. The van der Waals surface area contributed by atoms with Gasteiger partial charge in [-0.2, -0.15) is 0 Å². The molecule has 0 atom stereocenters. The van der Waals surface area contributed by atoms with Gasteiger partial charge in [0.25, 0.3) is 0 Å². The summed E-state index contributed by atoms with van der Waals surface area (Å²) in [5.41, 5.74) is 4.28. The molecule has 3 nitrogen and oxygen atoms in total. The Bertz CT molecular complexity index is 1090. The molecule has 0 aliphatic heterocycles. The summed E-state index contributed by atoms with van der Waals surface area (Å²) in [5.74, 6) is 2.99. The molecule has 0 radical (unpaired) electrons. The average molecular weight is 395 g/mol. The van der Waals surface area contributed by atoms with Crippen LogP contribution in [0.1, 0.15) is 11.3 Å². The van der Waals surface area contributed by atoms with Crippen molar-refractivity contribution in [3.05, 3.63) is 102 Å². The van der Waals surface area contributed by atoms with Crippen LogP contribution in [0.15, 0.2) is 95.4 Å². The molecular formula is C27H23O3+. The van der Waals surface area contributed by atoms with Crippen molar-refractivity contribution in [2.75, 3.05) is 14.2 Å². The summed E-state index contributed by atoms with van der Waals surface area (Å²) in [6.07, 6.45) is 3.98. The molecule has 4 aromatic rings. The molecule has 0 N–H and O–H groups in total. The number of hydrogen-bond donors (Lipinski definition) is 0. The Hall–Kier alpha value is -3.85. The quantitative estimate of drug-likeness (QED) is 0.327. The molecule has 0 fully saturated rings. The molecule has 30 heavy (non-hydrogen) atoms. The van der Waals surface area contributed by atoms with E-state index in [2.05, 4.69) is 36.4 Å². The largest absolute Gasteiger partial charge is 0.493 e. The minimum Gasteiger partial charge on any atom is -0.493 e. The van der Waals surface area contributed by atoms with Gasteiger partial charge in [0, 0.05) is 11.6 Å². The van der Waals surface area contributed by atoms with E-state index in [0.717, 1.165) is 33.8 Å². The molecule has 0 aliphatic carbocycles. The van der Waals surface area contributed by atoms with Crippen LogP contribution in [0.25, 0.3) is 34.6 Å². The fraction of sp³-hybridized carbons (Fsp3) is 0.0741. The predicted octanol–water partition coefficient (Wildman–Crippen LogP) is 7.08. The van der Waals surface area contributed by atoms with Gasteiger partial charge in [-0.1, -0.05) is 54.6 Å². The number of rotatable bonds is 6. The maximum Gasteiger partial charge on any atom is 0.361 e. The summed E-state index contributed by atoms with van der Waals surface area (Å²) in [7, 11) is 3.27. The second kappa shape index (κ2) is 9.10. The Morgan fingerprint density at radius 1 is 0.600 bits per heavy atom. The molecule has 0 spiro atoms. The molecule has 3 heteroatoms. The first-order chi connectivity index (χ1) is 14.8. The Morgan fingerprint density at radius 2 is 1.27 bits per heavy atom. The highest BCUT2D eigenvalue weighted by molar-refractivity contribution is 5.75. The van der Waals surface area contributed by atoms with Gasteiger partial charge in [-0.05, 0) is 41.5 Å². The molecule has 0 bridgehead atoms. The van der Waals surface area contributed by atoms with Crippen LogP contribution in [0, 0.1) is 0 Å². The van der Waals surface area contributed by atoms with Gasteiger partial charge in [-0.15, -0.1) is 0 Å². The lowest BCUT2D eigenvalue weighted by molar-refractivity contribution is 0.355. The van der Waals surface area contributed by atoms with E-state index in [9.17, 15) is 0 Å². The van der Waals surface area contributed by atoms with Gasteiger partial charge in [0.2, 0.25) is 0 Å². The van der Waals surface area contributed by atoms with Gasteiger partial charge in [-0.3, -0.25) is 0 Å². The van der Waals surface area contributed by atoms with Crippen molar-refractivity contribution in [3.63, 3.8) is 0 Å². The predicted molar refractivity (Wildman–Crippen MR) is 122 cm³/mol. The SMILES string of the molecule is COc1ccc(/C=C/c2cc(-c3ccccc3)cc(-c3ccccc3)[o+]2)cc1OC. The average Bonchev–Trinajstić information content (AvgIpc) is 2.83. The van der Waals surface area contributed by atoms with Crippen LogP contribution in [0.3, 0.4) is 0 Å². The van der Waals surface area contributed by atoms with Crippen molar-refractivity contribution in [1.29, 1.82) is 0 Å². The van der Waals surface area contributed by atoms with E-state index in [-0.39, 0.29) is 0 Å². The normalized spacial score (nSPS) is 10.9. The minimum atomic E-state index is 0.694. The van der Waals surface area contributed by atoms with Gasteiger partial charge in [0.15, 0.2) is 11.5 Å². The van der Waals surface area contributed by atoms with E-state index in [1.165, 1.54) is 0 Å². The summed E-state index contributed by atoms with van der Waals surface area (Å²) in [5, 5.41) is 0. The van der Waals surface area contributed by atoms with Gasteiger partial charge < -0.3 is 9.47 Å². The van der Waals surface area contributed by atoms with Crippen molar-refractivity contribution in [3.8, 4) is 33.9 Å². The smallest absolute Gasteiger partial charge is 0.361 e. The summed E-state index contributed by atoms with van der Waals surface area (Å²) in [6, 6.07) is 30.4. The highest BCUT2D eigenvalue weighted by atomic mass is 16.5. The summed E-state index contributed by atoms with van der Waals surface area (Å²) >= 11 is 0. The van der Waals surface area contributed by atoms with Gasteiger partial charge in [0.05, 0.1) is 31.9 Å². The number of hydrogen-bond acceptors (Lipinski definition) is 2. The molecule has 1 heterocycles.